The predicted octanol–water partition coefficient (Wildman–Crippen LogP) is 2.78. The van der Waals surface area contributed by atoms with Gasteiger partial charge in [0.1, 0.15) is 5.75 Å². The van der Waals surface area contributed by atoms with E-state index >= 15 is 0 Å². The Hall–Kier alpha value is -2.24. The van der Waals surface area contributed by atoms with Crippen LogP contribution < -0.4 is 4.74 Å². The number of rotatable bonds is 9. The minimum absolute atomic E-state index is 0.0939. The third-order valence-corrected chi connectivity index (χ3v) is 4.26. The van der Waals surface area contributed by atoms with Crippen LogP contribution in [0.3, 0.4) is 0 Å². The van der Waals surface area contributed by atoms with Crippen molar-refractivity contribution >= 4 is 0 Å². The third kappa shape index (κ3) is 6.29. The number of hydrogen-bond donors (Lipinski definition) is 4. The molecule has 0 amide bonds. The first-order valence-corrected chi connectivity index (χ1v) is 8.48. The molecule has 2 unspecified atom stereocenters. The van der Waals surface area contributed by atoms with Gasteiger partial charge in [0.25, 0.3) is 0 Å². The molecule has 0 heterocycles. The Bertz CT molecular complexity index is 654. The number of phenolic OH excluding ortho intramolecular Hbond substituents is 2. The third-order valence-electron chi connectivity index (χ3n) is 4.26. The van der Waals surface area contributed by atoms with Crippen LogP contribution in [0.2, 0.25) is 0 Å². The molecule has 2 atom stereocenters. The summed E-state index contributed by atoms with van der Waals surface area (Å²) in [7, 11) is 1.50. The summed E-state index contributed by atoms with van der Waals surface area (Å²) in [5.74, 6) is 0.739. The van der Waals surface area contributed by atoms with Gasteiger partial charge in [0.2, 0.25) is 0 Å². The summed E-state index contributed by atoms with van der Waals surface area (Å²) in [5.41, 5.74) is 2.01. The van der Waals surface area contributed by atoms with Crippen molar-refractivity contribution in [2.45, 2.75) is 44.3 Å². The second-order valence-electron chi connectivity index (χ2n) is 6.29. The molecule has 0 fully saturated rings. The summed E-state index contributed by atoms with van der Waals surface area (Å²) in [4.78, 5) is 0. The molecule has 2 rings (SSSR count). The fourth-order valence-corrected chi connectivity index (χ4v) is 2.76. The Morgan fingerprint density at radius 1 is 0.840 bits per heavy atom. The van der Waals surface area contributed by atoms with Crippen LogP contribution >= 0.6 is 0 Å². The van der Waals surface area contributed by atoms with Gasteiger partial charge in [-0.05, 0) is 67.5 Å². The van der Waals surface area contributed by atoms with E-state index in [1.807, 2.05) is 12.1 Å². The van der Waals surface area contributed by atoms with E-state index in [-0.39, 0.29) is 11.5 Å². The van der Waals surface area contributed by atoms with Crippen molar-refractivity contribution in [3.8, 4) is 17.2 Å². The molecule has 5 heteroatoms. The Kier molecular flexibility index (Phi) is 7.10. The maximum absolute atomic E-state index is 10.1. The van der Waals surface area contributed by atoms with Crippen molar-refractivity contribution in [2.24, 2.45) is 0 Å². The molecule has 0 bridgehead atoms. The van der Waals surface area contributed by atoms with Crippen LogP contribution in [0.1, 0.15) is 30.4 Å². The number of aromatic hydroxyl groups is 2. The minimum atomic E-state index is -0.588. The second-order valence-corrected chi connectivity index (χ2v) is 6.29. The lowest BCUT2D eigenvalue weighted by molar-refractivity contribution is 0.0714. The van der Waals surface area contributed by atoms with Crippen molar-refractivity contribution in [1.82, 2.24) is 0 Å². The van der Waals surface area contributed by atoms with Crippen molar-refractivity contribution < 1.29 is 25.2 Å². The minimum Gasteiger partial charge on any atom is -0.508 e. The van der Waals surface area contributed by atoms with Gasteiger partial charge in [0.05, 0.1) is 19.3 Å². The van der Waals surface area contributed by atoms with Crippen LogP contribution in [0.15, 0.2) is 42.5 Å². The van der Waals surface area contributed by atoms with Gasteiger partial charge >= 0.3 is 0 Å². The second kappa shape index (κ2) is 9.30. The lowest BCUT2D eigenvalue weighted by Gasteiger charge is -2.16. The Morgan fingerprint density at radius 2 is 1.40 bits per heavy atom. The smallest absolute Gasteiger partial charge is 0.160 e. The molecule has 136 valence electrons. The van der Waals surface area contributed by atoms with Gasteiger partial charge in [-0.2, -0.15) is 0 Å². The fourth-order valence-electron chi connectivity index (χ4n) is 2.76. The zero-order chi connectivity index (χ0) is 18.2. The highest BCUT2D eigenvalue weighted by molar-refractivity contribution is 5.41. The van der Waals surface area contributed by atoms with E-state index in [1.54, 1.807) is 30.3 Å². The topological polar surface area (TPSA) is 90.2 Å². The monoisotopic (exact) mass is 346 g/mol. The summed E-state index contributed by atoms with van der Waals surface area (Å²) in [6.07, 6.45) is 1.60. The molecule has 0 aromatic heterocycles. The van der Waals surface area contributed by atoms with Crippen molar-refractivity contribution in [3.63, 3.8) is 0 Å². The number of methoxy groups -OCH3 is 1. The number of aryl methyl sites for hydroxylation is 2. The van der Waals surface area contributed by atoms with Crippen LogP contribution in [-0.4, -0.2) is 39.7 Å². The number of ether oxygens (including phenoxy) is 1. The molecule has 0 aliphatic heterocycles. The van der Waals surface area contributed by atoms with Crippen LogP contribution in [-0.2, 0) is 12.8 Å². The van der Waals surface area contributed by atoms with Crippen LogP contribution in [0.25, 0.3) is 0 Å². The molecule has 0 spiro atoms. The summed E-state index contributed by atoms with van der Waals surface area (Å²) in [5, 5.41) is 39.0. The molecule has 4 N–H and O–H groups in total. The average Bonchev–Trinajstić information content (AvgIpc) is 2.60. The molecule has 2 aromatic rings. The first-order chi connectivity index (χ1) is 12.0. The Morgan fingerprint density at radius 3 is 2.00 bits per heavy atom. The maximum atomic E-state index is 10.1. The van der Waals surface area contributed by atoms with Gasteiger partial charge in [0.15, 0.2) is 11.5 Å². The first kappa shape index (κ1) is 19.1. The van der Waals surface area contributed by atoms with Gasteiger partial charge in [0, 0.05) is 0 Å². The fraction of sp³-hybridized carbons (Fsp3) is 0.400. The molecule has 0 aliphatic rings. The predicted molar refractivity (Wildman–Crippen MR) is 96.0 cm³/mol. The molecular formula is C20H26O5. The van der Waals surface area contributed by atoms with Crippen molar-refractivity contribution in [1.29, 1.82) is 0 Å². The largest absolute Gasteiger partial charge is 0.508 e. The maximum Gasteiger partial charge on any atom is 0.160 e. The van der Waals surface area contributed by atoms with E-state index in [0.29, 0.717) is 37.9 Å². The number of hydrogen-bond acceptors (Lipinski definition) is 5. The normalized spacial score (nSPS) is 13.4. The molecule has 5 nitrogen and oxygen atoms in total. The van der Waals surface area contributed by atoms with Crippen molar-refractivity contribution in [2.75, 3.05) is 7.11 Å². The van der Waals surface area contributed by atoms with E-state index in [4.69, 9.17) is 4.74 Å². The van der Waals surface area contributed by atoms with Gasteiger partial charge in [-0.15, -0.1) is 0 Å². The van der Waals surface area contributed by atoms with E-state index in [1.165, 1.54) is 7.11 Å². The van der Waals surface area contributed by atoms with Crippen LogP contribution in [0.5, 0.6) is 17.2 Å². The quantitative estimate of drug-likeness (QED) is 0.561. The van der Waals surface area contributed by atoms with Gasteiger partial charge in [-0.25, -0.2) is 0 Å². The molecule has 0 radical (unpaired) electrons. The van der Waals surface area contributed by atoms with E-state index in [2.05, 4.69) is 0 Å². The zero-order valence-electron chi connectivity index (χ0n) is 14.4. The summed E-state index contributed by atoms with van der Waals surface area (Å²) < 4.78 is 5.07. The summed E-state index contributed by atoms with van der Waals surface area (Å²) in [6, 6.07) is 12.0. The summed E-state index contributed by atoms with van der Waals surface area (Å²) in [6.45, 7) is 0. The van der Waals surface area contributed by atoms with E-state index < -0.39 is 12.2 Å². The van der Waals surface area contributed by atoms with E-state index in [9.17, 15) is 20.4 Å². The standard InChI is InChI=1S/C20H26O5/c1-25-20-12-15(6-11-19(20)24)5-10-18(23)13-17(22)9-4-14-2-7-16(21)8-3-14/h2-3,6-8,11-12,17-18,21-24H,4-5,9-10,13H2,1H3. The van der Waals surface area contributed by atoms with Gasteiger partial charge in [-0.3, -0.25) is 0 Å². The molecular weight excluding hydrogens is 320 g/mol. The Balaban J connectivity index is 1.73. The Labute approximate surface area is 148 Å². The first-order valence-electron chi connectivity index (χ1n) is 8.48. The molecule has 0 aliphatic carbocycles. The highest BCUT2D eigenvalue weighted by atomic mass is 16.5. The van der Waals surface area contributed by atoms with Crippen LogP contribution in [0, 0.1) is 0 Å². The summed E-state index contributed by atoms with van der Waals surface area (Å²) >= 11 is 0. The van der Waals surface area contributed by atoms with Gasteiger partial charge < -0.3 is 25.2 Å². The highest BCUT2D eigenvalue weighted by Crippen LogP contribution is 2.27. The number of benzene rings is 2. The number of aliphatic hydroxyl groups excluding tert-OH is 2. The number of aliphatic hydroxyl groups is 2. The van der Waals surface area contributed by atoms with Crippen LogP contribution in [0.4, 0.5) is 0 Å². The molecule has 25 heavy (non-hydrogen) atoms. The molecule has 0 saturated carbocycles. The molecule has 0 saturated heterocycles. The average molecular weight is 346 g/mol. The number of phenols is 2. The van der Waals surface area contributed by atoms with E-state index in [0.717, 1.165) is 11.1 Å². The molecule has 2 aromatic carbocycles. The zero-order valence-corrected chi connectivity index (χ0v) is 14.4. The highest BCUT2D eigenvalue weighted by Gasteiger charge is 2.13. The SMILES string of the molecule is COc1cc(CCC(O)CC(O)CCc2ccc(O)cc2)ccc1O. The van der Waals surface area contributed by atoms with Gasteiger partial charge in [-0.1, -0.05) is 18.2 Å². The van der Waals surface area contributed by atoms with Crippen molar-refractivity contribution in [3.05, 3.63) is 53.6 Å². The lowest BCUT2D eigenvalue weighted by Crippen LogP contribution is -2.19. The lowest BCUT2D eigenvalue weighted by atomic mass is 9.99.